The van der Waals surface area contributed by atoms with Crippen molar-refractivity contribution >= 4 is 27.8 Å². The van der Waals surface area contributed by atoms with Gasteiger partial charge in [0.15, 0.2) is 0 Å². The lowest BCUT2D eigenvalue weighted by molar-refractivity contribution is 1.52. The summed E-state index contributed by atoms with van der Waals surface area (Å²) in [6.07, 6.45) is 2.44. The first kappa shape index (κ1) is 10.2. The van der Waals surface area contributed by atoms with Gasteiger partial charge in [0.1, 0.15) is 0 Å². The molecule has 0 saturated carbocycles. The van der Waals surface area contributed by atoms with Crippen molar-refractivity contribution < 1.29 is 0 Å². The standard InChI is InChI=1S/C10H14P2/c1-3-11-9-7-5-6-8-10(9)12-4-2/h5-8H,3-4H2,1-2H3/q-2. The molecule has 2 heteroatoms. The Morgan fingerprint density at radius 3 is 1.67 bits per heavy atom. The van der Waals surface area contributed by atoms with Crippen molar-refractivity contribution in [1.82, 2.24) is 0 Å². The molecule has 0 aliphatic rings. The van der Waals surface area contributed by atoms with E-state index in [9.17, 15) is 0 Å². The van der Waals surface area contributed by atoms with E-state index in [0.29, 0.717) is 0 Å². The van der Waals surface area contributed by atoms with Crippen molar-refractivity contribution in [3.63, 3.8) is 0 Å². The van der Waals surface area contributed by atoms with Crippen LogP contribution >= 0.6 is 17.2 Å². The summed E-state index contributed by atoms with van der Waals surface area (Å²) in [6, 6.07) is 8.74. The van der Waals surface area contributed by atoms with Gasteiger partial charge >= 0.3 is 0 Å². The Hall–Kier alpha value is 0.0800. The van der Waals surface area contributed by atoms with Crippen LogP contribution in [0.1, 0.15) is 13.8 Å². The average molecular weight is 196 g/mol. The molecule has 1 aromatic rings. The summed E-state index contributed by atoms with van der Waals surface area (Å²) < 4.78 is 0. The van der Waals surface area contributed by atoms with Gasteiger partial charge in [0.05, 0.1) is 0 Å². The summed E-state index contributed by atoms with van der Waals surface area (Å²) in [5, 5.41) is 3.01. The SMILES string of the molecule is CC[P-]c1ccccc1[P-]CC. The molecule has 1 rings (SSSR count). The van der Waals surface area contributed by atoms with Crippen molar-refractivity contribution in [2.24, 2.45) is 0 Å². The van der Waals surface area contributed by atoms with Gasteiger partial charge in [-0.05, 0) is 0 Å². The molecule has 1 aromatic carbocycles. The molecule has 0 nitrogen and oxygen atoms in total. The van der Waals surface area contributed by atoms with Crippen LogP contribution in [0, 0.1) is 0 Å². The minimum atomic E-state index is 1.22. The molecule has 0 aliphatic heterocycles. The number of hydrogen-bond acceptors (Lipinski definition) is 0. The fraction of sp³-hybridized carbons (Fsp3) is 0.400. The van der Waals surface area contributed by atoms with E-state index >= 15 is 0 Å². The molecule has 0 aliphatic carbocycles. The highest BCUT2D eigenvalue weighted by Crippen LogP contribution is 2.14. The minimum Gasteiger partial charge on any atom is -0.509 e. The summed E-state index contributed by atoms with van der Waals surface area (Å²) in [7, 11) is 2.92. The van der Waals surface area contributed by atoms with E-state index in [4.69, 9.17) is 0 Å². The van der Waals surface area contributed by atoms with E-state index in [1.165, 1.54) is 40.1 Å². The molecule has 0 heterocycles. The summed E-state index contributed by atoms with van der Waals surface area (Å²) in [4.78, 5) is 0. The highest BCUT2D eigenvalue weighted by molar-refractivity contribution is 7.54. The van der Waals surface area contributed by atoms with Crippen molar-refractivity contribution in [3.8, 4) is 0 Å². The van der Waals surface area contributed by atoms with Crippen LogP contribution in [0.5, 0.6) is 0 Å². The maximum atomic E-state index is 2.24. The van der Waals surface area contributed by atoms with E-state index in [1.54, 1.807) is 0 Å². The fourth-order valence-electron chi connectivity index (χ4n) is 1.07. The molecule has 0 aromatic heterocycles. The van der Waals surface area contributed by atoms with Crippen LogP contribution in [0.2, 0.25) is 0 Å². The fourth-order valence-corrected chi connectivity index (χ4v) is 3.03. The van der Waals surface area contributed by atoms with Crippen LogP contribution in [0.3, 0.4) is 0 Å². The molecule has 0 saturated heterocycles. The minimum absolute atomic E-state index is 1.22. The first-order valence-corrected chi connectivity index (χ1v) is 6.48. The molecule has 0 bridgehead atoms. The zero-order valence-corrected chi connectivity index (χ0v) is 9.41. The van der Waals surface area contributed by atoms with Crippen molar-refractivity contribution in [3.05, 3.63) is 24.3 Å². The van der Waals surface area contributed by atoms with Crippen LogP contribution in [0.25, 0.3) is 0 Å². The smallest absolute Gasteiger partial charge is 0.0647 e. The molecule has 0 N–H and O–H groups in total. The molecular weight excluding hydrogens is 182 g/mol. The molecule has 0 amide bonds. The lowest BCUT2D eigenvalue weighted by Crippen LogP contribution is -2.15. The van der Waals surface area contributed by atoms with E-state index in [0.717, 1.165) is 0 Å². The Morgan fingerprint density at radius 1 is 0.917 bits per heavy atom. The Bertz CT molecular complexity index is 208. The predicted molar refractivity (Wildman–Crippen MR) is 60.6 cm³/mol. The van der Waals surface area contributed by atoms with E-state index < -0.39 is 0 Å². The number of rotatable bonds is 4. The van der Waals surface area contributed by atoms with Gasteiger partial charge in [-0.1, -0.05) is 38.1 Å². The highest BCUT2D eigenvalue weighted by Gasteiger charge is 1.78. The third kappa shape index (κ3) is 2.85. The second-order valence-electron chi connectivity index (χ2n) is 2.44. The first-order valence-electron chi connectivity index (χ1n) is 4.32. The van der Waals surface area contributed by atoms with Crippen LogP contribution < -0.4 is 10.6 Å². The number of benzene rings is 1. The quantitative estimate of drug-likeness (QED) is 0.649. The Kier molecular flexibility index (Phi) is 4.81. The van der Waals surface area contributed by atoms with Gasteiger partial charge < -0.3 is 17.2 Å². The highest BCUT2D eigenvalue weighted by atomic mass is 31.1. The summed E-state index contributed by atoms with van der Waals surface area (Å²) in [5.41, 5.74) is 0. The summed E-state index contributed by atoms with van der Waals surface area (Å²) in [6.45, 7) is 4.45. The van der Waals surface area contributed by atoms with Gasteiger partial charge in [-0.25, -0.2) is 10.6 Å². The predicted octanol–water partition coefficient (Wildman–Crippen LogP) is 2.87. The Labute approximate surface area is 78.7 Å². The monoisotopic (exact) mass is 196 g/mol. The van der Waals surface area contributed by atoms with E-state index in [-0.39, 0.29) is 0 Å². The van der Waals surface area contributed by atoms with E-state index in [1.807, 2.05) is 0 Å². The van der Waals surface area contributed by atoms with Crippen LogP contribution in [0.15, 0.2) is 24.3 Å². The van der Waals surface area contributed by atoms with Crippen LogP contribution in [0.4, 0.5) is 0 Å². The van der Waals surface area contributed by atoms with Crippen molar-refractivity contribution in [2.75, 3.05) is 12.3 Å². The molecule has 66 valence electrons. The Balaban J connectivity index is 2.77. The normalized spacial score (nSPS) is 12.2. The third-order valence-electron chi connectivity index (χ3n) is 1.54. The maximum absolute atomic E-state index is 2.24. The molecule has 0 fully saturated rings. The number of hydrogen-bond donors (Lipinski definition) is 0. The van der Waals surface area contributed by atoms with Gasteiger partial charge in [-0.3, -0.25) is 0 Å². The average Bonchev–Trinajstić information content (AvgIpc) is 2.09. The second-order valence-corrected chi connectivity index (χ2v) is 5.30. The largest absolute Gasteiger partial charge is 0.509 e. The topological polar surface area (TPSA) is 0 Å². The van der Waals surface area contributed by atoms with Gasteiger partial charge in [0, 0.05) is 0 Å². The first-order chi connectivity index (χ1) is 5.88. The lowest BCUT2D eigenvalue weighted by atomic mass is 10.4. The van der Waals surface area contributed by atoms with Gasteiger partial charge in [-0.15, -0.1) is 0 Å². The van der Waals surface area contributed by atoms with Crippen LogP contribution in [-0.2, 0) is 0 Å². The van der Waals surface area contributed by atoms with E-state index in [2.05, 4.69) is 38.1 Å². The molecule has 0 radical (unpaired) electrons. The molecular formula is C10H14P2-2. The molecule has 12 heavy (non-hydrogen) atoms. The maximum Gasteiger partial charge on any atom is -0.0647 e. The van der Waals surface area contributed by atoms with Gasteiger partial charge in [0.25, 0.3) is 0 Å². The second kappa shape index (κ2) is 5.68. The zero-order chi connectivity index (χ0) is 8.81. The molecule has 0 atom stereocenters. The summed E-state index contributed by atoms with van der Waals surface area (Å²) >= 11 is 0. The Morgan fingerprint density at radius 2 is 1.33 bits per heavy atom. The van der Waals surface area contributed by atoms with Crippen molar-refractivity contribution in [1.29, 1.82) is 0 Å². The van der Waals surface area contributed by atoms with Crippen LogP contribution in [-0.4, -0.2) is 12.3 Å². The molecule has 0 unspecified atom stereocenters. The van der Waals surface area contributed by atoms with Gasteiger partial charge in [-0.2, -0.15) is 12.3 Å². The molecule has 0 spiro atoms. The summed E-state index contributed by atoms with van der Waals surface area (Å²) in [5.74, 6) is 0. The lowest BCUT2D eigenvalue weighted by Gasteiger charge is -2.29. The third-order valence-corrected chi connectivity index (χ3v) is 3.81. The van der Waals surface area contributed by atoms with Gasteiger partial charge in [0.2, 0.25) is 0 Å². The zero-order valence-electron chi connectivity index (χ0n) is 7.62. The van der Waals surface area contributed by atoms with Crippen molar-refractivity contribution in [2.45, 2.75) is 13.8 Å².